The lowest BCUT2D eigenvalue weighted by Crippen LogP contribution is -2.20. The smallest absolute Gasteiger partial charge is 0.0568 e. The number of rotatable bonds is 23. The average molecular weight is 427 g/mol. The zero-order valence-corrected chi connectivity index (χ0v) is 21.3. The summed E-state index contributed by atoms with van der Waals surface area (Å²) < 4.78 is 0. The van der Waals surface area contributed by atoms with Gasteiger partial charge in [0.2, 0.25) is 0 Å². The van der Waals surface area contributed by atoms with E-state index in [0.717, 1.165) is 12.3 Å². The molecule has 0 radical (unpaired) electrons. The molecule has 2 heteroatoms. The Bertz CT molecular complexity index is 329. The van der Waals surface area contributed by atoms with Crippen molar-refractivity contribution in [3.63, 3.8) is 0 Å². The van der Waals surface area contributed by atoms with Gasteiger partial charge in [-0.1, -0.05) is 118 Å². The Kier molecular flexibility index (Phi) is 22.1. The lowest BCUT2D eigenvalue weighted by Gasteiger charge is -2.23. The van der Waals surface area contributed by atoms with E-state index < -0.39 is 0 Å². The number of aliphatic hydroxyl groups is 2. The first kappa shape index (κ1) is 29.9. The number of hydrogen-bond donors (Lipinski definition) is 2. The number of aliphatic hydroxyl groups excluding tert-OH is 2. The molecule has 2 N–H and O–H groups in total. The van der Waals surface area contributed by atoms with Gasteiger partial charge in [-0.2, -0.15) is 0 Å². The van der Waals surface area contributed by atoms with Crippen molar-refractivity contribution in [3.8, 4) is 0 Å². The molecule has 0 aliphatic carbocycles. The highest BCUT2D eigenvalue weighted by Crippen LogP contribution is 2.25. The van der Waals surface area contributed by atoms with Crippen LogP contribution in [0.1, 0.15) is 150 Å². The minimum Gasteiger partial charge on any atom is -0.396 e. The molecule has 0 saturated heterocycles. The molecule has 2 nitrogen and oxygen atoms in total. The standard InChI is InChI=1S/C28H58O2/c1-5-7-12-19-26(24-29)20-14-10-9-11-15-23-28(30)27(21-13-8-6-2)22-17-16-18-25(3)4/h25-30H,5-24H2,1-4H3. The van der Waals surface area contributed by atoms with Gasteiger partial charge in [0.25, 0.3) is 0 Å². The van der Waals surface area contributed by atoms with Gasteiger partial charge in [0.15, 0.2) is 0 Å². The molecule has 0 rings (SSSR count). The molecule has 0 bridgehead atoms. The molecule has 0 heterocycles. The summed E-state index contributed by atoms with van der Waals surface area (Å²) in [7, 11) is 0. The summed E-state index contributed by atoms with van der Waals surface area (Å²) in [6, 6.07) is 0. The molecule has 3 unspecified atom stereocenters. The summed E-state index contributed by atoms with van der Waals surface area (Å²) in [4.78, 5) is 0. The fourth-order valence-electron chi connectivity index (χ4n) is 4.71. The quantitative estimate of drug-likeness (QED) is 0.160. The van der Waals surface area contributed by atoms with Gasteiger partial charge in [-0.25, -0.2) is 0 Å². The third kappa shape index (κ3) is 18.7. The van der Waals surface area contributed by atoms with Crippen LogP contribution in [-0.4, -0.2) is 22.9 Å². The van der Waals surface area contributed by atoms with Gasteiger partial charge in [-0.05, 0) is 49.9 Å². The Labute approximate surface area is 190 Å². The van der Waals surface area contributed by atoms with E-state index in [1.165, 1.54) is 116 Å². The predicted octanol–water partition coefficient (Wildman–Crippen LogP) is 8.68. The SMILES string of the molecule is CCCCCC(CO)CCCCCCCC(O)C(CCCCC)CCCCC(C)C. The van der Waals surface area contributed by atoms with Gasteiger partial charge < -0.3 is 10.2 Å². The maximum Gasteiger partial charge on any atom is 0.0568 e. The first-order chi connectivity index (χ1) is 14.5. The van der Waals surface area contributed by atoms with Crippen molar-refractivity contribution in [2.75, 3.05) is 6.61 Å². The van der Waals surface area contributed by atoms with E-state index in [-0.39, 0.29) is 6.10 Å². The zero-order valence-electron chi connectivity index (χ0n) is 21.3. The van der Waals surface area contributed by atoms with Gasteiger partial charge in [0, 0.05) is 6.61 Å². The van der Waals surface area contributed by atoms with E-state index >= 15 is 0 Å². The van der Waals surface area contributed by atoms with E-state index in [1.807, 2.05) is 0 Å². The van der Waals surface area contributed by atoms with Crippen molar-refractivity contribution in [1.29, 1.82) is 0 Å². The maximum absolute atomic E-state index is 10.8. The highest BCUT2D eigenvalue weighted by molar-refractivity contribution is 4.70. The van der Waals surface area contributed by atoms with Crippen molar-refractivity contribution < 1.29 is 10.2 Å². The first-order valence-corrected chi connectivity index (χ1v) is 13.8. The van der Waals surface area contributed by atoms with E-state index in [4.69, 9.17) is 0 Å². The summed E-state index contributed by atoms with van der Waals surface area (Å²) in [6.07, 6.45) is 23.7. The predicted molar refractivity (Wildman–Crippen MR) is 134 cm³/mol. The van der Waals surface area contributed by atoms with Crippen molar-refractivity contribution in [2.45, 2.75) is 156 Å². The Morgan fingerprint density at radius 2 is 0.967 bits per heavy atom. The lowest BCUT2D eigenvalue weighted by molar-refractivity contribution is 0.0829. The normalized spacial score (nSPS) is 14.9. The topological polar surface area (TPSA) is 40.5 Å². The summed E-state index contributed by atoms with van der Waals surface area (Å²) in [5.74, 6) is 1.85. The summed E-state index contributed by atoms with van der Waals surface area (Å²) >= 11 is 0. The van der Waals surface area contributed by atoms with Crippen LogP contribution in [-0.2, 0) is 0 Å². The molecule has 182 valence electrons. The molecule has 30 heavy (non-hydrogen) atoms. The van der Waals surface area contributed by atoms with Crippen LogP contribution < -0.4 is 0 Å². The van der Waals surface area contributed by atoms with E-state index in [9.17, 15) is 10.2 Å². The second kappa shape index (κ2) is 22.1. The summed E-state index contributed by atoms with van der Waals surface area (Å²) in [5, 5.41) is 20.3. The minimum absolute atomic E-state index is 0.0850. The van der Waals surface area contributed by atoms with Crippen LogP contribution in [0.15, 0.2) is 0 Å². The van der Waals surface area contributed by atoms with Gasteiger partial charge in [0.1, 0.15) is 0 Å². The Morgan fingerprint density at radius 3 is 1.50 bits per heavy atom. The van der Waals surface area contributed by atoms with Crippen LogP contribution in [0.3, 0.4) is 0 Å². The van der Waals surface area contributed by atoms with Crippen molar-refractivity contribution in [1.82, 2.24) is 0 Å². The molecule has 0 amide bonds. The summed E-state index contributed by atoms with van der Waals surface area (Å²) in [5.41, 5.74) is 0. The highest BCUT2D eigenvalue weighted by atomic mass is 16.3. The molecule has 0 aromatic rings. The maximum atomic E-state index is 10.8. The van der Waals surface area contributed by atoms with Gasteiger partial charge in [0.05, 0.1) is 6.10 Å². The van der Waals surface area contributed by atoms with E-state index in [2.05, 4.69) is 27.7 Å². The highest BCUT2D eigenvalue weighted by Gasteiger charge is 2.18. The van der Waals surface area contributed by atoms with E-state index in [0.29, 0.717) is 18.4 Å². The fraction of sp³-hybridized carbons (Fsp3) is 1.00. The monoisotopic (exact) mass is 426 g/mol. The third-order valence-electron chi connectivity index (χ3n) is 6.92. The molecule has 0 aromatic heterocycles. The van der Waals surface area contributed by atoms with Gasteiger partial charge >= 0.3 is 0 Å². The number of hydrogen-bond acceptors (Lipinski definition) is 2. The first-order valence-electron chi connectivity index (χ1n) is 13.8. The average Bonchev–Trinajstić information content (AvgIpc) is 2.73. The molecule has 3 atom stereocenters. The zero-order chi connectivity index (χ0) is 22.5. The van der Waals surface area contributed by atoms with Crippen LogP contribution in [0, 0.1) is 17.8 Å². The molecule has 0 fully saturated rings. The lowest BCUT2D eigenvalue weighted by atomic mass is 9.87. The molecule has 0 spiro atoms. The Hall–Kier alpha value is -0.0800. The van der Waals surface area contributed by atoms with E-state index in [1.54, 1.807) is 0 Å². The second-order valence-electron chi connectivity index (χ2n) is 10.4. The molecule has 0 aliphatic heterocycles. The Morgan fingerprint density at radius 1 is 0.533 bits per heavy atom. The van der Waals surface area contributed by atoms with Crippen LogP contribution in [0.5, 0.6) is 0 Å². The molecule has 0 aliphatic rings. The fourth-order valence-corrected chi connectivity index (χ4v) is 4.71. The van der Waals surface area contributed by atoms with Gasteiger partial charge in [-0.3, -0.25) is 0 Å². The van der Waals surface area contributed by atoms with Crippen LogP contribution in [0.25, 0.3) is 0 Å². The van der Waals surface area contributed by atoms with Crippen LogP contribution in [0.4, 0.5) is 0 Å². The van der Waals surface area contributed by atoms with Crippen molar-refractivity contribution >= 4 is 0 Å². The second-order valence-corrected chi connectivity index (χ2v) is 10.4. The van der Waals surface area contributed by atoms with Crippen molar-refractivity contribution in [2.24, 2.45) is 17.8 Å². The summed E-state index contributed by atoms with van der Waals surface area (Å²) in [6.45, 7) is 9.49. The third-order valence-corrected chi connectivity index (χ3v) is 6.92. The van der Waals surface area contributed by atoms with Crippen LogP contribution in [0.2, 0.25) is 0 Å². The molecular formula is C28H58O2. The molecule has 0 aromatic carbocycles. The molecule has 0 saturated carbocycles. The Balaban J connectivity index is 3.92. The number of unbranched alkanes of at least 4 members (excludes halogenated alkanes) is 9. The molecular weight excluding hydrogens is 368 g/mol. The van der Waals surface area contributed by atoms with Crippen molar-refractivity contribution in [3.05, 3.63) is 0 Å². The van der Waals surface area contributed by atoms with Gasteiger partial charge in [-0.15, -0.1) is 0 Å². The van der Waals surface area contributed by atoms with Crippen LogP contribution >= 0.6 is 0 Å². The minimum atomic E-state index is -0.0850. The largest absolute Gasteiger partial charge is 0.396 e.